The lowest BCUT2D eigenvalue weighted by Crippen LogP contribution is -2.49. The van der Waals surface area contributed by atoms with Crippen LogP contribution in [0.1, 0.15) is 33.6 Å². The molecule has 2 aliphatic heterocycles. The molecule has 1 fully saturated rings. The summed E-state index contributed by atoms with van der Waals surface area (Å²) in [7, 11) is 0. The number of carbonyl (C=O) groups is 2. The van der Waals surface area contributed by atoms with Gasteiger partial charge in [-0.15, -0.1) is 11.3 Å². The topological polar surface area (TPSA) is 40.6 Å². The Bertz CT molecular complexity index is 756. The second kappa shape index (κ2) is 6.40. The summed E-state index contributed by atoms with van der Waals surface area (Å²) >= 11 is 1.44. The third-order valence-electron chi connectivity index (χ3n) is 4.97. The van der Waals surface area contributed by atoms with E-state index in [0.29, 0.717) is 13.1 Å². The third kappa shape index (κ3) is 2.73. The molecule has 4 rings (SSSR count). The van der Waals surface area contributed by atoms with Gasteiger partial charge in [-0.05, 0) is 41.8 Å². The van der Waals surface area contributed by atoms with Crippen LogP contribution in [0, 0.1) is 0 Å². The SMILES string of the molecule is O=C([C@@H]1CCCN1C(=O)c1cccs1)N1CCc2ccccc2C1. The van der Waals surface area contributed by atoms with E-state index in [9.17, 15) is 9.59 Å². The quantitative estimate of drug-likeness (QED) is 0.843. The van der Waals surface area contributed by atoms with Crippen LogP contribution in [0.25, 0.3) is 0 Å². The Balaban J connectivity index is 1.51. The minimum atomic E-state index is -0.301. The van der Waals surface area contributed by atoms with Gasteiger partial charge in [0.15, 0.2) is 0 Å². The molecule has 1 atom stereocenters. The van der Waals surface area contributed by atoms with E-state index in [-0.39, 0.29) is 17.9 Å². The molecule has 0 N–H and O–H groups in total. The van der Waals surface area contributed by atoms with E-state index in [1.54, 1.807) is 4.90 Å². The van der Waals surface area contributed by atoms with Crippen molar-refractivity contribution in [1.82, 2.24) is 9.80 Å². The summed E-state index contributed by atoms with van der Waals surface area (Å²) in [6, 6.07) is 11.7. The monoisotopic (exact) mass is 340 g/mol. The minimum Gasteiger partial charge on any atom is -0.336 e. The van der Waals surface area contributed by atoms with Crippen LogP contribution in [0.2, 0.25) is 0 Å². The van der Waals surface area contributed by atoms with Gasteiger partial charge in [-0.3, -0.25) is 9.59 Å². The van der Waals surface area contributed by atoms with Gasteiger partial charge < -0.3 is 9.80 Å². The van der Waals surface area contributed by atoms with Crippen LogP contribution < -0.4 is 0 Å². The molecule has 0 unspecified atom stereocenters. The Kier molecular flexibility index (Phi) is 4.10. The van der Waals surface area contributed by atoms with Gasteiger partial charge in [-0.1, -0.05) is 30.3 Å². The van der Waals surface area contributed by atoms with Crippen LogP contribution in [0.5, 0.6) is 0 Å². The van der Waals surface area contributed by atoms with Crippen LogP contribution in [-0.2, 0) is 17.8 Å². The van der Waals surface area contributed by atoms with E-state index < -0.39 is 0 Å². The number of benzene rings is 1. The fourth-order valence-corrected chi connectivity index (χ4v) is 4.38. The van der Waals surface area contributed by atoms with Crippen molar-refractivity contribution in [1.29, 1.82) is 0 Å². The van der Waals surface area contributed by atoms with Gasteiger partial charge >= 0.3 is 0 Å². The van der Waals surface area contributed by atoms with Gasteiger partial charge in [0, 0.05) is 19.6 Å². The Morgan fingerprint density at radius 3 is 2.67 bits per heavy atom. The maximum atomic E-state index is 13.0. The summed E-state index contributed by atoms with van der Waals surface area (Å²) in [4.78, 5) is 30.1. The molecule has 2 aromatic rings. The number of amides is 2. The van der Waals surface area contributed by atoms with Crippen LogP contribution in [0.4, 0.5) is 0 Å². The minimum absolute atomic E-state index is 0.00161. The molecule has 1 saturated heterocycles. The summed E-state index contributed by atoms with van der Waals surface area (Å²) in [6.07, 6.45) is 2.57. The molecule has 0 aliphatic carbocycles. The summed E-state index contributed by atoms with van der Waals surface area (Å²) in [5.74, 6) is 0.102. The number of nitrogens with zero attached hydrogens (tertiary/aromatic N) is 2. The number of hydrogen-bond donors (Lipinski definition) is 0. The molecule has 4 nitrogen and oxygen atoms in total. The molecule has 124 valence electrons. The van der Waals surface area contributed by atoms with Crippen molar-refractivity contribution in [2.45, 2.75) is 31.8 Å². The molecule has 2 amide bonds. The van der Waals surface area contributed by atoms with Crippen LogP contribution in [0.15, 0.2) is 41.8 Å². The normalized spacial score (nSPS) is 20.1. The fourth-order valence-electron chi connectivity index (χ4n) is 3.70. The number of thiophene rings is 1. The van der Waals surface area contributed by atoms with Crippen molar-refractivity contribution in [2.24, 2.45) is 0 Å². The highest BCUT2D eigenvalue weighted by atomic mass is 32.1. The smallest absolute Gasteiger partial charge is 0.264 e. The zero-order valence-corrected chi connectivity index (χ0v) is 14.3. The second-order valence-corrected chi connectivity index (χ2v) is 7.36. The molecular weight excluding hydrogens is 320 g/mol. The van der Waals surface area contributed by atoms with E-state index >= 15 is 0 Å². The maximum Gasteiger partial charge on any atom is 0.264 e. The highest BCUT2D eigenvalue weighted by molar-refractivity contribution is 7.12. The first-order chi connectivity index (χ1) is 11.7. The van der Waals surface area contributed by atoms with Crippen molar-refractivity contribution in [3.8, 4) is 0 Å². The molecule has 3 heterocycles. The second-order valence-electron chi connectivity index (χ2n) is 6.41. The number of hydrogen-bond acceptors (Lipinski definition) is 3. The van der Waals surface area contributed by atoms with Gasteiger partial charge in [0.25, 0.3) is 5.91 Å². The number of rotatable bonds is 2. The van der Waals surface area contributed by atoms with E-state index in [1.807, 2.05) is 28.5 Å². The van der Waals surface area contributed by atoms with E-state index in [0.717, 1.165) is 30.7 Å². The highest BCUT2D eigenvalue weighted by Gasteiger charge is 2.37. The van der Waals surface area contributed by atoms with Crippen LogP contribution >= 0.6 is 11.3 Å². The average Bonchev–Trinajstić information content (AvgIpc) is 3.31. The first-order valence-electron chi connectivity index (χ1n) is 8.44. The Morgan fingerprint density at radius 2 is 1.88 bits per heavy atom. The standard InChI is InChI=1S/C19H20N2O2S/c22-18(20-11-9-14-5-1-2-6-15(14)13-20)16-7-3-10-21(16)19(23)17-8-4-12-24-17/h1-2,4-6,8,12,16H,3,7,9-11,13H2/t16-/m0/s1. The molecule has 0 radical (unpaired) electrons. The zero-order valence-electron chi connectivity index (χ0n) is 13.5. The predicted octanol–water partition coefficient (Wildman–Crippen LogP) is 2.94. The zero-order chi connectivity index (χ0) is 16.5. The molecule has 24 heavy (non-hydrogen) atoms. The fraction of sp³-hybridized carbons (Fsp3) is 0.368. The van der Waals surface area contributed by atoms with E-state index in [4.69, 9.17) is 0 Å². The lowest BCUT2D eigenvalue weighted by molar-refractivity contribution is -0.136. The Morgan fingerprint density at radius 1 is 1.04 bits per heavy atom. The molecule has 1 aromatic heterocycles. The van der Waals surface area contributed by atoms with Crippen molar-refractivity contribution >= 4 is 23.2 Å². The summed E-state index contributed by atoms with van der Waals surface area (Å²) in [5.41, 5.74) is 2.56. The van der Waals surface area contributed by atoms with Crippen molar-refractivity contribution in [3.63, 3.8) is 0 Å². The Labute approximate surface area is 145 Å². The van der Waals surface area contributed by atoms with Gasteiger partial charge in [-0.2, -0.15) is 0 Å². The third-order valence-corrected chi connectivity index (χ3v) is 5.83. The molecule has 1 aromatic carbocycles. The van der Waals surface area contributed by atoms with Gasteiger partial charge in [0.1, 0.15) is 6.04 Å². The largest absolute Gasteiger partial charge is 0.336 e. The Hall–Kier alpha value is -2.14. The highest BCUT2D eigenvalue weighted by Crippen LogP contribution is 2.26. The van der Waals surface area contributed by atoms with Gasteiger partial charge in [0.05, 0.1) is 4.88 Å². The lowest BCUT2D eigenvalue weighted by Gasteiger charge is -2.33. The molecule has 0 spiro atoms. The van der Waals surface area contributed by atoms with E-state index in [2.05, 4.69) is 18.2 Å². The predicted molar refractivity (Wildman–Crippen MR) is 93.9 cm³/mol. The molecule has 5 heteroatoms. The lowest BCUT2D eigenvalue weighted by atomic mass is 9.99. The number of fused-ring (bicyclic) bond motifs is 1. The van der Waals surface area contributed by atoms with Crippen LogP contribution in [-0.4, -0.2) is 40.7 Å². The first-order valence-corrected chi connectivity index (χ1v) is 9.32. The van der Waals surface area contributed by atoms with Gasteiger partial charge in [0.2, 0.25) is 5.91 Å². The van der Waals surface area contributed by atoms with Crippen molar-refractivity contribution in [2.75, 3.05) is 13.1 Å². The van der Waals surface area contributed by atoms with Crippen molar-refractivity contribution in [3.05, 3.63) is 57.8 Å². The summed E-state index contributed by atoms with van der Waals surface area (Å²) < 4.78 is 0. The molecule has 0 bridgehead atoms. The molecular formula is C19H20N2O2S. The number of carbonyl (C=O) groups excluding carboxylic acids is 2. The number of likely N-dealkylation sites (tertiary alicyclic amines) is 1. The van der Waals surface area contributed by atoms with Gasteiger partial charge in [-0.25, -0.2) is 0 Å². The summed E-state index contributed by atoms with van der Waals surface area (Å²) in [5, 5.41) is 1.90. The van der Waals surface area contributed by atoms with E-state index in [1.165, 1.54) is 22.5 Å². The van der Waals surface area contributed by atoms with Crippen LogP contribution in [0.3, 0.4) is 0 Å². The van der Waals surface area contributed by atoms with Crippen molar-refractivity contribution < 1.29 is 9.59 Å². The first kappa shape index (κ1) is 15.4. The maximum absolute atomic E-state index is 13.0. The molecule has 0 saturated carbocycles. The average molecular weight is 340 g/mol. The molecule has 2 aliphatic rings. The summed E-state index contributed by atoms with van der Waals surface area (Å²) in [6.45, 7) is 2.08.